The number of anilines is 2. The Bertz CT molecular complexity index is 335. The van der Waals surface area contributed by atoms with Crippen molar-refractivity contribution in [3.63, 3.8) is 0 Å². The quantitative estimate of drug-likeness (QED) is 0.867. The Morgan fingerprint density at radius 1 is 1.41 bits per heavy atom. The van der Waals surface area contributed by atoms with E-state index < -0.39 is 0 Å². The lowest BCUT2D eigenvalue weighted by atomic mass is 10.3. The second kappa shape index (κ2) is 6.45. The van der Waals surface area contributed by atoms with Gasteiger partial charge in [-0.1, -0.05) is 6.92 Å². The number of hydrogen-bond acceptors (Lipinski definition) is 4. The first-order chi connectivity index (χ1) is 8.40. The molecular formula is C13H21N3O. The highest BCUT2D eigenvalue weighted by Crippen LogP contribution is 2.18. The fourth-order valence-corrected chi connectivity index (χ4v) is 1.97. The van der Waals surface area contributed by atoms with Crippen LogP contribution in [0.3, 0.4) is 0 Å². The molecule has 1 fully saturated rings. The van der Waals surface area contributed by atoms with Crippen molar-refractivity contribution in [1.82, 2.24) is 4.98 Å². The fourth-order valence-electron chi connectivity index (χ4n) is 1.97. The maximum atomic E-state index is 5.47. The number of nitrogens with zero attached hydrogens (tertiary/aromatic N) is 2. The smallest absolute Gasteiger partial charge is 0.127 e. The van der Waals surface area contributed by atoms with Crippen molar-refractivity contribution in [3.8, 4) is 0 Å². The van der Waals surface area contributed by atoms with E-state index in [1.807, 2.05) is 6.20 Å². The summed E-state index contributed by atoms with van der Waals surface area (Å²) in [5, 5.41) is 3.32. The average molecular weight is 235 g/mol. The van der Waals surface area contributed by atoms with Gasteiger partial charge in [-0.15, -0.1) is 0 Å². The van der Waals surface area contributed by atoms with Gasteiger partial charge in [0.15, 0.2) is 0 Å². The fraction of sp³-hybridized carbons (Fsp3) is 0.615. The Morgan fingerprint density at radius 3 is 3.24 bits per heavy atom. The number of rotatable bonds is 4. The molecule has 2 heterocycles. The molecule has 0 radical (unpaired) electrons. The van der Waals surface area contributed by atoms with Crippen LogP contribution in [0, 0.1) is 0 Å². The third-order valence-corrected chi connectivity index (χ3v) is 2.89. The summed E-state index contributed by atoms with van der Waals surface area (Å²) in [6.07, 6.45) is 4.09. The van der Waals surface area contributed by atoms with E-state index >= 15 is 0 Å². The molecule has 1 aromatic rings. The molecule has 0 aromatic carbocycles. The molecule has 4 nitrogen and oxygen atoms in total. The summed E-state index contributed by atoms with van der Waals surface area (Å²) in [4.78, 5) is 6.69. The maximum absolute atomic E-state index is 5.47. The Hall–Kier alpha value is -1.29. The van der Waals surface area contributed by atoms with E-state index in [1.165, 1.54) is 5.69 Å². The van der Waals surface area contributed by atoms with Crippen LogP contribution in [0.2, 0.25) is 0 Å². The summed E-state index contributed by atoms with van der Waals surface area (Å²) in [5.74, 6) is 0.967. The summed E-state index contributed by atoms with van der Waals surface area (Å²) < 4.78 is 5.47. The Balaban J connectivity index is 2.03. The van der Waals surface area contributed by atoms with Crippen molar-refractivity contribution in [3.05, 3.63) is 18.3 Å². The largest absolute Gasteiger partial charge is 0.380 e. The number of pyridine rings is 1. The van der Waals surface area contributed by atoms with Crippen molar-refractivity contribution < 1.29 is 4.74 Å². The summed E-state index contributed by atoms with van der Waals surface area (Å²) in [5.41, 5.74) is 1.24. The normalized spacial score (nSPS) is 16.6. The van der Waals surface area contributed by atoms with E-state index in [9.17, 15) is 0 Å². The molecule has 1 aromatic heterocycles. The molecule has 1 N–H and O–H groups in total. The van der Waals surface area contributed by atoms with Crippen LogP contribution in [0.15, 0.2) is 18.3 Å². The van der Waals surface area contributed by atoms with Gasteiger partial charge in [-0.05, 0) is 18.9 Å². The topological polar surface area (TPSA) is 37.4 Å². The van der Waals surface area contributed by atoms with E-state index in [0.717, 1.165) is 51.5 Å². The number of aromatic nitrogens is 1. The van der Waals surface area contributed by atoms with Crippen LogP contribution in [0.25, 0.3) is 0 Å². The molecule has 1 aliphatic rings. The van der Waals surface area contributed by atoms with E-state index in [-0.39, 0.29) is 0 Å². The minimum atomic E-state index is 0.819. The van der Waals surface area contributed by atoms with Crippen LogP contribution in [0.4, 0.5) is 11.5 Å². The Labute approximate surface area is 103 Å². The molecule has 0 spiro atoms. The molecule has 0 saturated carbocycles. The van der Waals surface area contributed by atoms with Gasteiger partial charge in [0.25, 0.3) is 0 Å². The van der Waals surface area contributed by atoms with Gasteiger partial charge in [-0.2, -0.15) is 0 Å². The van der Waals surface area contributed by atoms with Gasteiger partial charge in [0.05, 0.1) is 6.61 Å². The summed E-state index contributed by atoms with van der Waals surface area (Å²) in [6, 6.07) is 4.20. The third kappa shape index (κ3) is 3.60. The highest BCUT2D eigenvalue weighted by atomic mass is 16.5. The molecule has 0 aliphatic carbocycles. The molecule has 0 bridgehead atoms. The molecule has 0 unspecified atom stereocenters. The first-order valence-corrected chi connectivity index (χ1v) is 6.43. The van der Waals surface area contributed by atoms with Crippen LogP contribution in [0.5, 0.6) is 0 Å². The lowest BCUT2D eigenvalue weighted by Gasteiger charge is -2.22. The van der Waals surface area contributed by atoms with Crippen LogP contribution < -0.4 is 10.2 Å². The van der Waals surface area contributed by atoms with Gasteiger partial charge < -0.3 is 15.0 Å². The van der Waals surface area contributed by atoms with Gasteiger partial charge in [-0.25, -0.2) is 4.98 Å². The molecule has 94 valence electrons. The maximum Gasteiger partial charge on any atom is 0.127 e. The molecule has 0 atom stereocenters. The van der Waals surface area contributed by atoms with E-state index in [1.54, 1.807) is 0 Å². The minimum absolute atomic E-state index is 0.819. The standard InChI is InChI=1S/C13H21N3O/c1-2-5-14-13-11-12(4-6-15-13)16-7-3-9-17-10-8-16/h4,6,11H,2-3,5,7-10H2,1H3,(H,14,15). The molecule has 0 amide bonds. The SMILES string of the molecule is CCCNc1cc(N2CCCOCC2)ccn1. The van der Waals surface area contributed by atoms with Crippen molar-refractivity contribution in [1.29, 1.82) is 0 Å². The van der Waals surface area contributed by atoms with Gasteiger partial charge >= 0.3 is 0 Å². The molecule has 17 heavy (non-hydrogen) atoms. The van der Waals surface area contributed by atoms with Gasteiger partial charge in [0.1, 0.15) is 5.82 Å². The zero-order chi connectivity index (χ0) is 11.9. The zero-order valence-corrected chi connectivity index (χ0v) is 10.5. The molecular weight excluding hydrogens is 214 g/mol. The Kier molecular flexibility index (Phi) is 4.62. The predicted octanol–water partition coefficient (Wildman–Crippen LogP) is 2.13. The molecule has 1 saturated heterocycles. The summed E-state index contributed by atoms with van der Waals surface area (Å²) in [7, 11) is 0. The number of hydrogen-bond donors (Lipinski definition) is 1. The number of ether oxygens (including phenoxy) is 1. The summed E-state index contributed by atoms with van der Waals surface area (Å²) >= 11 is 0. The van der Waals surface area contributed by atoms with Crippen LogP contribution in [-0.4, -0.2) is 37.8 Å². The highest BCUT2D eigenvalue weighted by molar-refractivity contribution is 5.53. The average Bonchev–Trinajstić information content (AvgIpc) is 2.65. The minimum Gasteiger partial charge on any atom is -0.380 e. The van der Waals surface area contributed by atoms with Gasteiger partial charge in [-0.3, -0.25) is 0 Å². The van der Waals surface area contributed by atoms with E-state index in [0.29, 0.717) is 0 Å². The second-order valence-corrected chi connectivity index (χ2v) is 4.28. The first kappa shape index (κ1) is 12.2. The van der Waals surface area contributed by atoms with Crippen LogP contribution >= 0.6 is 0 Å². The lowest BCUT2D eigenvalue weighted by Crippen LogP contribution is -2.25. The zero-order valence-electron chi connectivity index (χ0n) is 10.5. The van der Waals surface area contributed by atoms with Crippen LogP contribution in [-0.2, 0) is 4.74 Å². The number of nitrogens with one attached hydrogen (secondary N) is 1. The van der Waals surface area contributed by atoms with E-state index in [4.69, 9.17) is 4.74 Å². The lowest BCUT2D eigenvalue weighted by molar-refractivity contribution is 0.152. The molecule has 2 rings (SSSR count). The molecule has 4 heteroatoms. The Morgan fingerprint density at radius 2 is 2.35 bits per heavy atom. The predicted molar refractivity (Wildman–Crippen MR) is 70.7 cm³/mol. The third-order valence-electron chi connectivity index (χ3n) is 2.89. The summed E-state index contributed by atoms with van der Waals surface area (Å²) in [6.45, 7) is 6.86. The monoisotopic (exact) mass is 235 g/mol. The van der Waals surface area contributed by atoms with Gasteiger partial charge in [0, 0.05) is 44.2 Å². The van der Waals surface area contributed by atoms with Crippen LogP contribution in [0.1, 0.15) is 19.8 Å². The van der Waals surface area contributed by atoms with Crippen molar-refractivity contribution in [2.24, 2.45) is 0 Å². The van der Waals surface area contributed by atoms with Gasteiger partial charge in [0.2, 0.25) is 0 Å². The second-order valence-electron chi connectivity index (χ2n) is 4.28. The highest BCUT2D eigenvalue weighted by Gasteiger charge is 2.10. The van der Waals surface area contributed by atoms with Crippen molar-refractivity contribution in [2.75, 3.05) is 43.1 Å². The molecule has 1 aliphatic heterocycles. The van der Waals surface area contributed by atoms with Crippen molar-refractivity contribution >= 4 is 11.5 Å². The van der Waals surface area contributed by atoms with E-state index in [2.05, 4.69) is 34.3 Å². The first-order valence-electron chi connectivity index (χ1n) is 6.43. The van der Waals surface area contributed by atoms with Crippen molar-refractivity contribution in [2.45, 2.75) is 19.8 Å².